The summed E-state index contributed by atoms with van der Waals surface area (Å²) in [7, 11) is -4.28. The Hall–Kier alpha value is -2.93. The summed E-state index contributed by atoms with van der Waals surface area (Å²) in [6, 6.07) is 7.80. The monoisotopic (exact) mass is 578 g/mol. The number of carbonyl (C=O) groups excluding carboxylic acids is 1. The van der Waals surface area contributed by atoms with Crippen molar-refractivity contribution < 1.29 is 46.2 Å². The van der Waals surface area contributed by atoms with Gasteiger partial charge in [0.1, 0.15) is 24.6 Å². The van der Waals surface area contributed by atoms with Crippen LogP contribution in [0, 0.1) is 11.7 Å². The summed E-state index contributed by atoms with van der Waals surface area (Å²) in [5.41, 5.74) is -5.99. The molecule has 1 aliphatic rings. The molecule has 7 atom stereocenters. The molecule has 3 rings (SSSR count). The van der Waals surface area contributed by atoms with Gasteiger partial charge in [-0.3, -0.25) is 23.7 Å². The average Bonchev–Trinajstić information content (AvgIpc) is 3.12. The van der Waals surface area contributed by atoms with E-state index in [4.69, 9.17) is 18.5 Å². The largest absolute Gasteiger partial charge is 0.463 e. The van der Waals surface area contributed by atoms with E-state index in [9.17, 15) is 32.8 Å². The SMILES string of the molecule is CC(C)OC(=O)[C@H](C)CP(=O)(Oc1ccccc1)O[C@H](C)[C@H]1O[C@@H](n2cc(F)c(=O)[nH]c2=O)C(F)(CF)[C@H]1O. The molecule has 1 saturated heterocycles. The van der Waals surface area contributed by atoms with Crippen molar-refractivity contribution >= 4 is 13.6 Å². The number of carbonyl (C=O) groups is 1. The molecule has 0 radical (unpaired) electrons. The Bertz CT molecular complexity index is 1320. The lowest BCUT2D eigenvalue weighted by molar-refractivity contribution is -0.151. The molecular formula is C24H30F3N2O9P. The number of esters is 1. The quantitative estimate of drug-likeness (QED) is 0.304. The third-order valence-electron chi connectivity index (χ3n) is 5.91. The molecule has 216 valence electrons. The first-order valence-electron chi connectivity index (χ1n) is 12.0. The van der Waals surface area contributed by atoms with E-state index in [0.29, 0.717) is 6.20 Å². The summed E-state index contributed by atoms with van der Waals surface area (Å²) < 4.78 is 79.4. The van der Waals surface area contributed by atoms with Gasteiger partial charge in [-0.25, -0.2) is 18.1 Å². The first-order chi connectivity index (χ1) is 18.2. The molecule has 1 aromatic heterocycles. The topological polar surface area (TPSA) is 146 Å². The highest BCUT2D eigenvalue weighted by molar-refractivity contribution is 7.54. The number of aromatic nitrogens is 2. The average molecular weight is 578 g/mol. The predicted octanol–water partition coefficient (Wildman–Crippen LogP) is 2.88. The van der Waals surface area contributed by atoms with Crippen molar-refractivity contribution in [3.63, 3.8) is 0 Å². The number of hydrogen-bond donors (Lipinski definition) is 2. The summed E-state index contributed by atoms with van der Waals surface area (Å²) >= 11 is 0. The van der Waals surface area contributed by atoms with Crippen LogP contribution >= 0.6 is 7.60 Å². The van der Waals surface area contributed by atoms with Crippen molar-refractivity contribution in [2.45, 2.75) is 64.0 Å². The number of para-hydroxylation sites is 1. The summed E-state index contributed by atoms with van der Waals surface area (Å²) in [6.07, 6.45) is -8.35. The van der Waals surface area contributed by atoms with Crippen LogP contribution in [0.2, 0.25) is 0 Å². The minimum Gasteiger partial charge on any atom is -0.463 e. The fourth-order valence-corrected chi connectivity index (χ4v) is 6.11. The van der Waals surface area contributed by atoms with Gasteiger partial charge in [-0.15, -0.1) is 0 Å². The molecule has 2 N–H and O–H groups in total. The Balaban J connectivity index is 1.91. The minimum atomic E-state index is -4.28. The number of alkyl halides is 2. The van der Waals surface area contributed by atoms with Gasteiger partial charge in [-0.05, 0) is 32.9 Å². The number of benzene rings is 1. The summed E-state index contributed by atoms with van der Waals surface area (Å²) in [5.74, 6) is -3.04. The maximum absolute atomic E-state index is 15.7. The lowest BCUT2D eigenvalue weighted by Crippen LogP contribution is -2.48. The fourth-order valence-electron chi connectivity index (χ4n) is 4.02. The zero-order valence-electron chi connectivity index (χ0n) is 21.6. The second-order valence-corrected chi connectivity index (χ2v) is 11.5. The van der Waals surface area contributed by atoms with Gasteiger partial charge in [0.25, 0.3) is 5.56 Å². The van der Waals surface area contributed by atoms with E-state index in [1.54, 1.807) is 37.0 Å². The van der Waals surface area contributed by atoms with E-state index < -0.39 is 85.7 Å². The van der Waals surface area contributed by atoms with Gasteiger partial charge in [0.2, 0.25) is 11.5 Å². The fraction of sp³-hybridized carbons (Fsp3) is 0.542. The van der Waals surface area contributed by atoms with Gasteiger partial charge in [-0.2, -0.15) is 4.39 Å². The van der Waals surface area contributed by atoms with Crippen LogP contribution in [0.4, 0.5) is 13.2 Å². The molecule has 15 heteroatoms. The minimum absolute atomic E-state index is 0.113. The van der Waals surface area contributed by atoms with Crippen molar-refractivity contribution in [3.8, 4) is 5.75 Å². The van der Waals surface area contributed by atoms with E-state index in [2.05, 4.69) is 0 Å². The van der Waals surface area contributed by atoms with Crippen molar-refractivity contribution in [1.82, 2.24) is 9.55 Å². The Morgan fingerprint density at radius 2 is 1.87 bits per heavy atom. The molecule has 1 aromatic carbocycles. The molecule has 2 aromatic rings. The second-order valence-electron chi connectivity index (χ2n) is 9.50. The summed E-state index contributed by atoms with van der Waals surface area (Å²) in [4.78, 5) is 37.6. The second kappa shape index (κ2) is 12.1. The van der Waals surface area contributed by atoms with Crippen LogP contribution in [0.1, 0.15) is 33.9 Å². The molecule has 39 heavy (non-hydrogen) atoms. The number of H-pyrrole nitrogens is 1. The zero-order valence-corrected chi connectivity index (χ0v) is 22.5. The summed E-state index contributed by atoms with van der Waals surface area (Å²) in [5, 5.41) is 10.7. The van der Waals surface area contributed by atoms with Gasteiger partial charge in [0.15, 0.2) is 6.23 Å². The molecule has 0 saturated carbocycles. The molecule has 11 nitrogen and oxygen atoms in total. The van der Waals surface area contributed by atoms with Gasteiger partial charge < -0.3 is 19.1 Å². The zero-order chi connectivity index (χ0) is 29.1. The van der Waals surface area contributed by atoms with Crippen LogP contribution in [0.15, 0.2) is 46.1 Å². The van der Waals surface area contributed by atoms with Crippen molar-refractivity contribution in [2.24, 2.45) is 5.92 Å². The molecule has 2 unspecified atom stereocenters. The number of aliphatic hydroxyl groups excluding tert-OH is 1. The molecule has 1 aliphatic heterocycles. The Morgan fingerprint density at radius 1 is 1.23 bits per heavy atom. The van der Waals surface area contributed by atoms with Gasteiger partial charge in [0.05, 0.1) is 30.5 Å². The van der Waals surface area contributed by atoms with Crippen LogP contribution in [0.3, 0.4) is 0 Å². The predicted molar refractivity (Wildman–Crippen MR) is 131 cm³/mol. The first-order valence-corrected chi connectivity index (χ1v) is 13.8. The number of rotatable bonds is 11. The third kappa shape index (κ3) is 6.81. The number of halogens is 3. The van der Waals surface area contributed by atoms with E-state index in [0.717, 1.165) is 0 Å². The number of ether oxygens (including phenoxy) is 2. The summed E-state index contributed by atoms with van der Waals surface area (Å²) in [6.45, 7) is 4.05. The van der Waals surface area contributed by atoms with E-state index >= 15 is 4.39 Å². The highest BCUT2D eigenvalue weighted by Gasteiger charge is 2.61. The maximum atomic E-state index is 15.7. The lowest BCUT2D eigenvalue weighted by atomic mass is 9.95. The van der Waals surface area contributed by atoms with Crippen LogP contribution in [0.25, 0.3) is 0 Å². The normalized spacial score (nSPS) is 26.1. The molecule has 0 aliphatic carbocycles. The number of nitrogens with zero attached hydrogens (tertiary/aromatic N) is 1. The Kier molecular flexibility index (Phi) is 9.47. The highest BCUT2D eigenvalue weighted by atomic mass is 31.2. The molecule has 1 fully saturated rings. The third-order valence-corrected chi connectivity index (χ3v) is 8.05. The van der Waals surface area contributed by atoms with Gasteiger partial charge >= 0.3 is 19.3 Å². The number of aliphatic hydroxyl groups is 1. The number of hydrogen-bond acceptors (Lipinski definition) is 9. The molecular weight excluding hydrogens is 548 g/mol. The van der Waals surface area contributed by atoms with Crippen molar-refractivity contribution in [3.05, 3.63) is 63.2 Å². The van der Waals surface area contributed by atoms with Gasteiger partial charge in [0, 0.05) is 0 Å². The first kappa shape index (κ1) is 30.6. The smallest absolute Gasteiger partial charge is 0.380 e. The molecule has 0 spiro atoms. The number of nitrogens with one attached hydrogen (secondary N) is 1. The van der Waals surface area contributed by atoms with Gasteiger partial charge in [-0.1, -0.05) is 25.1 Å². The maximum Gasteiger partial charge on any atom is 0.380 e. The van der Waals surface area contributed by atoms with E-state index in [1.807, 2.05) is 0 Å². The van der Waals surface area contributed by atoms with Crippen LogP contribution in [-0.4, -0.2) is 63.5 Å². The van der Waals surface area contributed by atoms with E-state index in [1.165, 1.54) is 26.0 Å². The number of aromatic amines is 1. The molecule has 2 heterocycles. The Labute approximate surface area is 221 Å². The highest BCUT2D eigenvalue weighted by Crippen LogP contribution is 2.53. The molecule has 0 bridgehead atoms. The van der Waals surface area contributed by atoms with Crippen molar-refractivity contribution in [2.75, 3.05) is 12.8 Å². The van der Waals surface area contributed by atoms with Crippen LogP contribution < -0.4 is 15.8 Å². The van der Waals surface area contributed by atoms with Crippen LogP contribution in [-0.2, 0) is 23.4 Å². The lowest BCUT2D eigenvalue weighted by Gasteiger charge is -2.29. The Morgan fingerprint density at radius 3 is 2.46 bits per heavy atom. The van der Waals surface area contributed by atoms with Crippen molar-refractivity contribution in [1.29, 1.82) is 0 Å². The van der Waals surface area contributed by atoms with Crippen LogP contribution in [0.5, 0.6) is 5.75 Å². The standard InChI is InChI=1S/C24H30F3N2O9P/c1-13(2)35-21(32)14(3)11-39(34,38-16-8-6-5-7-9-16)37-15(4)18-19(30)24(27,12-25)22(36-18)29-10-17(26)20(31)28-23(29)33/h5-10,13-15,18-19,22,30H,11-12H2,1-4H3,(H,28,31,33)/t14-,15-,18-,19+,22-,24?,39?/m1/s1. The van der Waals surface area contributed by atoms with E-state index in [-0.39, 0.29) is 10.3 Å². The molecule has 0 amide bonds.